The number of methoxy groups -OCH3 is 1. The summed E-state index contributed by atoms with van der Waals surface area (Å²) in [5.74, 6) is 1.32. The predicted molar refractivity (Wildman–Crippen MR) is 98.2 cm³/mol. The van der Waals surface area contributed by atoms with Crippen LogP contribution >= 0.6 is 0 Å². The van der Waals surface area contributed by atoms with Crippen LogP contribution in [0.2, 0.25) is 0 Å². The standard InChI is InChI=1S/C20H30N2O3/c1-24-16-6-7-17(18(14-16)25-13-11-21)19(23)22-12-10-20(15-22)8-4-2-3-5-9-20/h6-7,14H,2-5,8-13,15,21H2,1H3. The van der Waals surface area contributed by atoms with E-state index in [9.17, 15) is 4.79 Å². The molecule has 0 unspecified atom stereocenters. The molecule has 5 heteroatoms. The summed E-state index contributed by atoms with van der Waals surface area (Å²) in [6.45, 7) is 2.53. The fraction of sp³-hybridized carbons (Fsp3) is 0.650. The first-order valence-electron chi connectivity index (χ1n) is 9.48. The monoisotopic (exact) mass is 346 g/mol. The Morgan fingerprint density at radius 2 is 1.96 bits per heavy atom. The molecule has 1 saturated carbocycles. The summed E-state index contributed by atoms with van der Waals surface area (Å²) in [5, 5.41) is 0. The Morgan fingerprint density at radius 1 is 1.20 bits per heavy atom. The van der Waals surface area contributed by atoms with Crippen LogP contribution in [0, 0.1) is 5.41 Å². The highest BCUT2D eigenvalue weighted by Crippen LogP contribution is 2.43. The molecular formula is C20H30N2O3. The van der Waals surface area contributed by atoms with Crippen molar-refractivity contribution in [3.8, 4) is 11.5 Å². The van der Waals surface area contributed by atoms with Crippen LogP contribution in [-0.4, -0.2) is 44.2 Å². The van der Waals surface area contributed by atoms with Gasteiger partial charge in [0, 0.05) is 25.7 Å². The molecule has 2 fully saturated rings. The molecule has 2 N–H and O–H groups in total. The van der Waals surface area contributed by atoms with Gasteiger partial charge in [0.05, 0.1) is 12.7 Å². The molecule has 25 heavy (non-hydrogen) atoms. The van der Waals surface area contributed by atoms with Gasteiger partial charge in [-0.05, 0) is 36.8 Å². The molecule has 2 aliphatic rings. The molecule has 1 aliphatic carbocycles. The third-order valence-electron chi connectivity index (χ3n) is 5.68. The molecule has 0 bridgehead atoms. The van der Waals surface area contributed by atoms with Crippen molar-refractivity contribution in [3.63, 3.8) is 0 Å². The van der Waals surface area contributed by atoms with Crippen molar-refractivity contribution in [1.29, 1.82) is 0 Å². The van der Waals surface area contributed by atoms with Crippen molar-refractivity contribution < 1.29 is 14.3 Å². The van der Waals surface area contributed by atoms with Crippen LogP contribution < -0.4 is 15.2 Å². The van der Waals surface area contributed by atoms with E-state index in [1.165, 1.54) is 38.5 Å². The van der Waals surface area contributed by atoms with Gasteiger partial charge in [-0.3, -0.25) is 4.79 Å². The van der Waals surface area contributed by atoms with Crippen LogP contribution in [0.25, 0.3) is 0 Å². The topological polar surface area (TPSA) is 64.8 Å². The van der Waals surface area contributed by atoms with E-state index in [0.717, 1.165) is 19.5 Å². The van der Waals surface area contributed by atoms with Gasteiger partial charge in [-0.1, -0.05) is 25.7 Å². The molecule has 3 rings (SSSR count). The lowest BCUT2D eigenvalue weighted by Crippen LogP contribution is -2.32. The lowest BCUT2D eigenvalue weighted by Gasteiger charge is -2.28. The Labute approximate surface area is 150 Å². The molecule has 1 aromatic carbocycles. The SMILES string of the molecule is COc1ccc(C(=O)N2CCC3(CCCCCC3)C2)c(OCCN)c1. The van der Waals surface area contributed by atoms with Gasteiger partial charge in [-0.25, -0.2) is 0 Å². The van der Waals surface area contributed by atoms with Crippen LogP contribution in [0.1, 0.15) is 55.3 Å². The molecule has 0 radical (unpaired) electrons. The van der Waals surface area contributed by atoms with Gasteiger partial charge in [0.1, 0.15) is 18.1 Å². The van der Waals surface area contributed by atoms with Crippen molar-refractivity contribution in [1.82, 2.24) is 4.90 Å². The summed E-state index contributed by atoms with van der Waals surface area (Å²) < 4.78 is 11.0. The fourth-order valence-corrected chi connectivity index (χ4v) is 4.26. The van der Waals surface area contributed by atoms with E-state index >= 15 is 0 Å². The third-order valence-corrected chi connectivity index (χ3v) is 5.68. The molecule has 1 saturated heterocycles. The zero-order valence-electron chi connectivity index (χ0n) is 15.3. The van der Waals surface area contributed by atoms with Crippen LogP contribution in [0.5, 0.6) is 11.5 Å². The van der Waals surface area contributed by atoms with Crippen LogP contribution in [-0.2, 0) is 0 Å². The average Bonchev–Trinajstić information content (AvgIpc) is 2.92. The first-order valence-corrected chi connectivity index (χ1v) is 9.48. The van der Waals surface area contributed by atoms with Crippen LogP contribution in [0.4, 0.5) is 0 Å². The lowest BCUT2D eigenvalue weighted by atomic mass is 9.80. The summed E-state index contributed by atoms with van der Waals surface area (Å²) in [6.07, 6.45) is 8.93. The van der Waals surface area contributed by atoms with E-state index in [4.69, 9.17) is 15.2 Å². The van der Waals surface area contributed by atoms with Crippen LogP contribution in [0.15, 0.2) is 18.2 Å². The molecule has 0 atom stereocenters. The van der Waals surface area contributed by atoms with Crippen molar-refractivity contribution >= 4 is 5.91 Å². The fourth-order valence-electron chi connectivity index (χ4n) is 4.26. The average molecular weight is 346 g/mol. The minimum atomic E-state index is 0.0656. The molecule has 1 spiro atoms. The van der Waals surface area contributed by atoms with E-state index in [0.29, 0.717) is 35.6 Å². The van der Waals surface area contributed by atoms with Crippen molar-refractivity contribution in [2.24, 2.45) is 11.1 Å². The number of carbonyl (C=O) groups excluding carboxylic acids is 1. The smallest absolute Gasteiger partial charge is 0.257 e. The summed E-state index contributed by atoms with van der Waals surface area (Å²) in [4.78, 5) is 15.1. The normalized spacial score (nSPS) is 19.7. The number of nitrogens with zero attached hydrogens (tertiary/aromatic N) is 1. The van der Waals surface area contributed by atoms with Gasteiger partial charge in [0.25, 0.3) is 5.91 Å². The second kappa shape index (κ2) is 8.09. The largest absolute Gasteiger partial charge is 0.497 e. The van der Waals surface area contributed by atoms with Gasteiger partial charge in [0.15, 0.2) is 0 Å². The maximum Gasteiger partial charge on any atom is 0.257 e. The number of hydrogen-bond donors (Lipinski definition) is 1. The molecule has 1 aromatic rings. The van der Waals surface area contributed by atoms with Crippen molar-refractivity contribution in [2.45, 2.75) is 44.9 Å². The van der Waals surface area contributed by atoms with Gasteiger partial charge in [-0.2, -0.15) is 0 Å². The van der Waals surface area contributed by atoms with Gasteiger partial charge in [-0.15, -0.1) is 0 Å². The number of nitrogens with two attached hydrogens (primary N) is 1. The Bertz CT molecular complexity index is 595. The summed E-state index contributed by atoms with van der Waals surface area (Å²) in [5.41, 5.74) is 6.51. The molecule has 1 aliphatic heterocycles. The first kappa shape index (κ1) is 18.1. The molecule has 1 heterocycles. The number of likely N-dealkylation sites (tertiary alicyclic amines) is 1. The van der Waals surface area contributed by atoms with E-state index in [1.807, 2.05) is 17.0 Å². The highest BCUT2D eigenvalue weighted by atomic mass is 16.5. The lowest BCUT2D eigenvalue weighted by molar-refractivity contribution is 0.0763. The number of amides is 1. The Balaban J connectivity index is 1.76. The van der Waals surface area contributed by atoms with Crippen molar-refractivity contribution in [2.75, 3.05) is 33.4 Å². The maximum absolute atomic E-state index is 13.1. The quantitative estimate of drug-likeness (QED) is 0.889. The molecule has 0 aromatic heterocycles. The molecular weight excluding hydrogens is 316 g/mol. The number of carbonyl (C=O) groups is 1. The van der Waals surface area contributed by atoms with Gasteiger partial charge in [0.2, 0.25) is 0 Å². The van der Waals surface area contributed by atoms with Crippen LogP contribution in [0.3, 0.4) is 0 Å². The molecule has 138 valence electrons. The number of rotatable bonds is 5. The third kappa shape index (κ3) is 4.09. The maximum atomic E-state index is 13.1. The van der Waals surface area contributed by atoms with E-state index in [1.54, 1.807) is 13.2 Å². The molecule has 5 nitrogen and oxygen atoms in total. The second-order valence-electron chi connectivity index (χ2n) is 7.39. The van der Waals surface area contributed by atoms with Gasteiger partial charge >= 0.3 is 0 Å². The zero-order chi connectivity index (χ0) is 17.7. The minimum absolute atomic E-state index is 0.0656. The molecule has 1 amide bonds. The van der Waals surface area contributed by atoms with E-state index in [2.05, 4.69) is 0 Å². The van der Waals surface area contributed by atoms with E-state index in [-0.39, 0.29) is 5.91 Å². The Morgan fingerprint density at radius 3 is 2.64 bits per heavy atom. The highest BCUT2D eigenvalue weighted by molar-refractivity contribution is 5.97. The van der Waals surface area contributed by atoms with E-state index < -0.39 is 0 Å². The zero-order valence-corrected chi connectivity index (χ0v) is 15.3. The van der Waals surface area contributed by atoms with Gasteiger partial charge < -0.3 is 20.1 Å². The first-order chi connectivity index (χ1) is 12.2. The predicted octanol–water partition coefficient (Wildman–Crippen LogP) is 3.22. The van der Waals surface area contributed by atoms with Crippen molar-refractivity contribution in [3.05, 3.63) is 23.8 Å². The number of benzene rings is 1. The number of hydrogen-bond acceptors (Lipinski definition) is 4. The summed E-state index contributed by atoms with van der Waals surface area (Å²) in [7, 11) is 1.61. The Kier molecular flexibility index (Phi) is 5.84. The highest BCUT2D eigenvalue weighted by Gasteiger charge is 2.40. The summed E-state index contributed by atoms with van der Waals surface area (Å²) >= 11 is 0. The minimum Gasteiger partial charge on any atom is -0.497 e. The summed E-state index contributed by atoms with van der Waals surface area (Å²) in [6, 6.07) is 5.41. The number of ether oxygens (including phenoxy) is 2. The second-order valence-corrected chi connectivity index (χ2v) is 7.39. The Hall–Kier alpha value is -1.75.